The lowest BCUT2D eigenvalue weighted by Crippen LogP contribution is -2.46. The molecule has 0 radical (unpaired) electrons. The number of aliphatic hydroxyl groups excluding tert-OH is 1. The van der Waals surface area contributed by atoms with Crippen LogP contribution in [0.2, 0.25) is 0 Å². The molecule has 36 heavy (non-hydrogen) atoms. The third kappa shape index (κ3) is 10.3. The summed E-state index contributed by atoms with van der Waals surface area (Å²) in [4.78, 5) is 39.8. The average Bonchev–Trinajstić information content (AvgIpc) is 3.37. The van der Waals surface area contributed by atoms with Gasteiger partial charge in [-0.2, -0.15) is 0 Å². The van der Waals surface area contributed by atoms with Crippen molar-refractivity contribution in [1.82, 2.24) is 10.2 Å². The summed E-state index contributed by atoms with van der Waals surface area (Å²) < 4.78 is 11.2. The number of hydrogen-bond donors (Lipinski definition) is 2. The zero-order valence-electron chi connectivity index (χ0n) is 21.1. The van der Waals surface area contributed by atoms with E-state index in [2.05, 4.69) is 18.5 Å². The number of unbranched alkanes of at least 4 members (excludes halogenated alkanes) is 1. The monoisotopic (exact) mass is 500 g/mol. The average molecular weight is 501 g/mol. The Bertz CT molecular complexity index is 844. The molecular weight excluding hydrogens is 460 g/mol. The predicted octanol–water partition coefficient (Wildman–Crippen LogP) is 3.15. The van der Waals surface area contributed by atoms with Crippen LogP contribution in [0, 0.1) is 5.92 Å². The molecule has 8 nitrogen and oxygen atoms in total. The number of amides is 2. The molecule has 0 spiro atoms. The second-order valence-electron chi connectivity index (χ2n) is 9.06. The first-order valence-corrected chi connectivity index (χ1v) is 12.7. The molecule has 2 rings (SSSR count). The molecule has 1 heterocycles. The summed E-state index contributed by atoms with van der Waals surface area (Å²) in [6.07, 6.45) is 6.97. The van der Waals surface area contributed by atoms with Gasteiger partial charge < -0.3 is 24.8 Å². The molecule has 2 N–H and O–H groups in total. The molecule has 1 fully saturated rings. The second kappa shape index (κ2) is 16.7. The van der Waals surface area contributed by atoms with Crippen LogP contribution in [0.5, 0.6) is 0 Å². The van der Waals surface area contributed by atoms with E-state index in [0.29, 0.717) is 26.0 Å². The Morgan fingerprint density at radius 2 is 1.94 bits per heavy atom. The number of esters is 1. The maximum absolute atomic E-state index is 13.1. The lowest BCUT2D eigenvalue weighted by atomic mass is 9.98. The first-order valence-electron chi connectivity index (χ1n) is 12.7. The molecule has 0 bridgehead atoms. The Hall–Kier alpha value is -2.97. The van der Waals surface area contributed by atoms with Crippen molar-refractivity contribution in [3.05, 3.63) is 61.2 Å². The minimum atomic E-state index is -0.616. The van der Waals surface area contributed by atoms with Crippen LogP contribution in [-0.4, -0.2) is 66.2 Å². The first-order chi connectivity index (χ1) is 17.5. The van der Waals surface area contributed by atoms with Crippen molar-refractivity contribution in [2.45, 2.75) is 63.6 Å². The summed E-state index contributed by atoms with van der Waals surface area (Å²) >= 11 is 0. The topological polar surface area (TPSA) is 105 Å². The Morgan fingerprint density at radius 3 is 2.64 bits per heavy atom. The highest BCUT2D eigenvalue weighted by atomic mass is 16.5. The maximum atomic E-state index is 13.1. The molecular formula is C28H40N2O6. The van der Waals surface area contributed by atoms with Crippen LogP contribution in [0.15, 0.2) is 55.6 Å². The lowest BCUT2D eigenvalue weighted by Gasteiger charge is -2.26. The fourth-order valence-electron chi connectivity index (χ4n) is 4.17. The van der Waals surface area contributed by atoms with Crippen molar-refractivity contribution < 1.29 is 29.0 Å². The zero-order chi connectivity index (χ0) is 26.2. The summed E-state index contributed by atoms with van der Waals surface area (Å²) in [7, 11) is 0. The highest BCUT2D eigenvalue weighted by Gasteiger charge is 2.31. The number of benzene rings is 1. The second-order valence-corrected chi connectivity index (χ2v) is 9.06. The van der Waals surface area contributed by atoms with Gasteiger partial charge in [-0.1, -0.05) is 42.5 Å². The van der Waals surface area contributed by atoms with Gasteiger partial charge in [0.15, 0.2) is 0 Å². The number of nitrogens with zero attached hydrogens (tertiary/aromatic N) is 1. The van der Waals surface area contributed by atoms with Gasteiger partial charge >= 0.3 is 5.97 Å². The fourth-order valence-corrected chi connectivity index (χ4v) is 4.17. The third-order valence-corrected chi connectivity index (χ3v) is 6.16. The number of nitrogens with one attached hydrogen (secondary N) is 1. The molecule has 198 valence electrons. The van der Waals surface area contributed by atoms with Crippen LogP contribution in [-0.2, 0) is 30.5 Å². The number of allylic oxidation sites excluding steroid dienone is 2. The zero-order valence-corrected chi connectivity index (χ0v) is 21.1. The number of likely N-dealkylation sites (tertiary alicyclic amines) is 1. The van der Waals surface area contributed by atoms with Crippen LogP contribution >= 0.6 is 0 Å². The molecule has 0 saturated carbocycles. The van der Waals surface area contributed by atoms with Crippen LogP contribution in [0.3, 0.4) is 0 Å². The summed E-state index contributed by atoms with van der Waals surface area (Å²) in [5, 5.41) is 12.4. The summed E-state index contributed by atoms with van der Waals surface area (Å²) in [5.41, 5.74) is 0.989. The van der Waals surface area contributed by atoms with E-state index in [1.54, 1.807) is 17.1 Å². The molecule has 1 saturated heterocycles. The molecule has 1 aliphatic rings. The van der Waals surface area contributed by atoms with E-state index in [1.165, 1.54) is 0 Å². The summed E-state index contributed by atoms with van der Waals surface area (Å²) in [6, 6.07) is 8.88. The van der Waals surface area contributed by atoms with Gasteiger partial charge in [-0.25, -0.2) is 0 Å². The van der Waals surface area contributed by atoms with Gasteiger partial charge in [0.1, 0.15) is 6.61 Å². The van der Waals surface area contributed by atoms with Crippen LogP contribution in [0.4, 0.5) is 0 Å². The third-order valence-electron chi connectivity index (χ3n) is 6.16. The highest BCUT2D eigenvalue weighted by Crippen LogP contribution is 2.21. The van der Waals surface area contributed by atoms with Crippen molar-refractivity contribution in [2.75, 3.05) is 26.4 Å². The van der Waals surface area contributed by atoms with Crippen molar-refractivity contribution in [2.24, 2.45) is 5.92 Å². The van der Waals surface area contributed by atoms with Gasteiger partial charge in [0.2, 0.25) is 11.8 Å². The highest BCUT2D eigenvalue weighted by molar-refractivity contribution is 5.86. The standard InChI is InChI=1S/C28H40N2O6/c1-3-5-7-15-27(33)36-21-24(20-35-19-22-12-8-6-9-13-22)29-28(34)23(11-4-2)17-26(32)30-16-10-14-25(30)18-31/h3-4,6,8-9,12-13,23-25,31H,1-2,5,7,10-11,14-21H2,(H,29,34). The molecule has 1 aromatic carbocycles. The van der Waals surface area contributed by atoms with Gasteiger partial charge in [0.05, 0.1) is 37.8 Å². The number of carbonyl (C=O) groups excluding carboxylic acids is 3. The molecule has 1 aliphatic heterocycles. The van der Waals surface area contributed by atoms with Gasteiger partial charge in [0, 0.05) is 19.4 Å². The van der Waals surface area contributed by atoms with E-state index < -0.39 is 12.0 Å². The van der Waals surface area contributed by atoms with Crippen molar-refractivity contribution >= 4 is 17.8 Å². The minimum Gasteiger partial charge on any atom is -0.463 e. The van der Waals surface area contributed by atoms with Crippen molar-refractivity contribution in [3.8, 4) is 0 Å². The predicted molar refractivity (Wildman–Crippen MR) is 138 cm³/mol. The Morgan fingerprint density at radius 1 is 1.17 bits per heavy atom. The van der Waals surface area contributed by atoms with Crippen molar-refractivity contribution in [1.29, 1.82) is 0 Å². The van der Waals surface area contributed by atoms with E-state index in [4.69, 9.17) is 9.47 Å². The van der Waals surface area contributed by atoms with Crippen LogP contribution in [0.25, 0.3) is 0 Å². The van der Waals surface area contributed by atoms with E-state index in [0.717, 1.165) is 24.8 Å². The normalized spacial score (nSPS) is 16.7. The minimum absolute atomic E-state index is 0.0211. The van der Waals surface area contributed by atoms with Crippen molar-refractivity contribution in [3.63, 3.8) is 0 Å². The number of ether oxygens (including phenoxy) is 2. The van der Waals surface area contributed by atoms with Gasteiger partial charge in [-0.15, -0.1) is 13.2 Å². The SMILES string of the molecule is C=CCCCC(=O)OCC(COCc1ccccc1)NC(=O)C(CC=C)CC(=O)N1CCCC1CO. The summed E-state index contributed by atoms with van der Waals surface area (Å²) in [6.45, 7) is 8.36. The summed E-state index contributed by atoms with van der Waals surface area (Å²) in [5.74, 6) is -1.44. The van der Waals surface area contributed by atoms with E-state index >= 15 is 0 Å². The molecule has 1 aromatic rings. The van der Waals surface area contributed by atoms with E-state index in [1.807, 2.05) is 30.3 Å². The smallest absolute Gasteiger partial charge is 0.305 e. The quantitative estimate of drug-likeness (QED) is 0.193. The molecule has 0 aliphatic carbocycles. The largest absolute Gasteiger partial charge is 0.463 e. The number of aliphatic hydroxyl groups is 1. The van der Waals surface area contributed by atoms with Gasteiger partial charge in [-0.3, -0.25) is 14.4 Å². The van der Waals surface area contributed by atoms with Gasteiger partial charge in [-0.05, 0) is 37.7 Å². The fraction of sp³-hybridized carbons (Fsp3) is 0.536. The Kier molecular flexibility index (Phi) is 13.5. The maximum Gasteiger partial charge on any atom is 0.305 e. The van der Waals surface area contributed by atoms with Gasteiger partial charge in [0.25, 0.3) is 0 Å². The number of hydrogen-bond acceptors (Lipinski definition) is 6. The molecule has 3 atom stereocenters. The molecule has 3 unspecified atom stereocenters. The Labute approximate surface area is 214 Å². The Balaban J connectivity index is 1.97. The van der Waals surface area contributed by atoms with E-state index in [-0.39, 0.29) is 56.5 Å². The van der Waals surface area contributed by atoms with E-state index in [9.17, 15) is 19.5 Å². The van der Waals surface area contributed by atoms with Crippen LogP contribution in [0.1, 0.15) is 50.5 Å². The molecule has 8 heteroatoms. The molecule has 0 aromatic heterocycles. The number of carbonyl (C=O) groups is 3. The first kappa shape index (κ1) is 29.3. The lowest BCUT2D eigenvalue weighted by molar-refractivity contribution is -0.146. The number of rotatable bonds is 17. The van der Waals surface area contributed by atoms with Crippen LogP contribution < -0.4 is 5.32 Å². The molecule has 2 amide bonds.